The number of amides is 2. The van der Waals surface area contributed by atoms with Crippen molar-refractivity contribution in [2.45, 2.75) is 30.8 Å². The van der Waals surface area contributed by atoms with Crippen LogP contribution in [0.5, 0.6) is 5.75 Å². The van der Waals surface area contributed by atoms with Gasteiger partial charge in [-0.3, -0.25) is 9.59 Å². The van der Waals surface area contributed by atoms with Crippen molar-refractivity contribution in [3.63, 3.8) is 0 Å². The van der Waals surface area contributed by atoms with Crippen LogP contribution in [0.2, 0.25) is 0 Å². The Morgan fingerprint density at radius 2 is 1.69 bits per heavy atom. The summed E-state index contributed by atoms with van der Waals surface area (Å²) in [6.07, 6.45) is 0. The van der Waals surface area contributed by atoms with Gasteiger partial charge >= 0.3 is 0 Å². The summed E-state index contributed by atoms with van der Waals surface area (Å²) in [7, 11) is 1.62. The number of ether oxygens (including phenoxy) is 1. The molecule has 2 aromatic rings. The Bertz CT molecular complexity index is 720. The van der Waals surface area contributed by atoms with Crippen LogP contribution >= 0.6 is 11.8 Å². The highest BCUT2D eigenvalue weighted by atomic mass is 32.2. The van der Waals surface area contributed by atoms with Gasteiger partial charge in [0.15, 0.2) is 0 Å². The molecule has 0 aliphatic rings. The lowest BCUT2D eigenvalue weighted by Crippen LogP contribution is -2.48. The molecule has 0 bridgehead atoms. The molecule has 0 heterocycles. The maximum atomic E-state index is 12.6. The van der Waals surface area contributed by atoms with Crippen molar-refractivity contribution < 1.29 is 14.3 Å². The van der Waals surface area contributed by atoms with E-state index in [0.29, 0.717) is 5.75 Å². The Hall–Kier alpha value is -2.47. The number of benzene rings is 2. The van der Waals surface area contributed by atoms with Crippen molar-refractivity contribution >= 4 is 23.6 Å². The number of rotatable bonds is 8. The first-order chi connectivity index (χ1) is 12.5. The standard InChI is InChI=1S/C20H24N2O3S/c1-14(16-7-5-4-6-8-16)21-20(24)19(22-15(2)23)13-26-18-11-9-17(25-3)10-12-18/h4-12,14,19H,13H2,1-3H3,(H,21,24)(H,22,23). The first-order valence-corrected chi connectivity index (χ1v) is 9.37. The van der Waals surface area contributed by atoms with E-state index in [1.54, 1.807) is 7.11 Å². The molecule has 2 atom stereocenters. The summed E-state index contributed by atoms with van der Waals surface area (Å²) < 4.78 is 5.14. The van der Waals surface area contributed by atoms with Crippen molar-refractivity contribution in [1.29, 1.82) is 0 Å². The molecule has 2 rings (SSSR count). The molecule has 0 spiro atoms. The Kier molecular flexibility index (Phi) is 7.53. The summed E-state index contributed by atoms with van der Waals surface area (Å²) in [4.78, 5) is 25.1. The molecule has 0 aliphatic heterocycles. The van der Waals surface area contributed by atoms with Gasteiger partial charge in [-0.1, -0.05) is 30.3 Å². The summed E-state index contributed by atoms with van der Waals surface area (Å²) in [5.74, 6) is 0.798. The van der Waals surface area contributed by atoms with E-state index in [4.69, 9.17) is 4.74 Å². The number of hydrogen-bond donors (Lipinski definition) is 2. The molecule has 2 N–H and O–H groups in total. The Morgan fingerprint density at radius 1 is 1.04 bits per heavy atom. The van der Waals surface area contributed by atoms with Gasteiger partial charge in [0.1, 0.15) is 11.8 Å². The van der Waals surface area contributed by atoms with Crippen LogP contribution < -0.4 is 15.4 Å². The van der Waals surface area contributed by atoms with Gasteiger partial charge in [0.05, 0.1) is 13.2 Å². The van der Waals surface area contributed by atoms with Crippen LogP contribution in [0.15, 0.2) is 59.5 Å². The van der Waals surface area contributed by atoms with Gasteiger partial charge in [0, 0.05) is 17.6 Å². The second-order valence-corrected chi connectivity index (χ2v) is 6.97. The summed E-state index contributed by atoms with van der Waals surface area (Å²) >= 11 is 1.51. The number of methoxy groups -OCH3 is 1. The average Bonchev–Trinajstić information content (AvgIpc) is 2.65. The molecule has 6 heteroatoms. The van der Waals surface area contributed by atoms with Crippen LogP contribution in [-0.2, 0) is 9.59 Å². The second kappa shape index (κ2) is 9.87. The van der Waals surface area contributed by atoms with E-state index in [1.807, 2.05) is 61.5 Å². The van der Waals surface area contributed by atoms with Gasteiger partial charge in [-0.2, -0.15) is 0 Å². The summed E-state index contributed by atoms with van der Waals surface area (Å²) in [5, 5.41) is 5.70. The second-order valence-electron chi connectivity index (χ2n) is 5.88. The number of hydrogen-bond acceptors (Lipinski definition) is 4. The number of carbonyl (C=O) groups is 2. The van der Waals surface area contributed by atoms with Gasteiger partial charge in [-0.15, -0.1) is 11.8 Å². The van der Waals surface area contributed by atoms with Crippen LogP contribution in [0.4, 0.5) is 0 Å². The zero-order valence-corrected chi connectivity index (χ0v) is 16.0. The van der Waals surface area contributed by atoms with E-state index >= 15 is 0 Å². The zero-order valence-electron chi connectivity index (χ0n) is 15.2. The normalized spacial score (nSPS) is 12.7. The fourth-order valence-electron chi connectivity index (χ4n) is 2.42. The molecule has 0 fully saturated rings. The fraction of sp³-hybridized carbons (Fsp3) is 0.300. The largest absolute Gasteiger partial charge is 0.497 e. The van der Waals surface area contributed by atoms with E-state index in [-0.39, 0.29) is 17.9 Å². The molecule has 2 unspecified atom stereocenters. The lowest BCUT2D eigenvalue weighted by molar-refractivity contribution is -0.127. The van der Waals surface area contributed by atoms with E-state index in [9.17, 15) is 9.59 Å². The molecule has 2 aromatic carbocycles. The van der Waals surface area contributed by atoms with Crippen LogP contribution in [0.25, 0.3) is 0 Å². The molecule has 5 nitrogen and oxygen atoms in total. The van der Waals surface area contributed by atoms with Crippen molar-refractivity contribution in [1.82, 2.24) is 10.6 Å². The third-order valence-electron chi connectivity index (χ3n) is 3.83. The van der Waals surface area contributed by atoms with Gasteiger partial charge in [0.25, 0.3) is 0 Å². The van der Waals surface area contributed by atoms with Gasteiger partial charge in [0.2, 0.25) is 11.8 Å². The number of nitrogens with one attached hydrogen (secondary N) is 2. The Balaban J connectivity index is 1.98. The van der Waals surface area contributed by atoms with Crippen LogP contribution in [0.1, 0.15) is 25.5 Å². The molecular weight excluding hydrogens is 348 g/mol. The molecule has 0 aromatic heterocycles. The fourth-order valence-corrected chi connectivity index (χ4v) is 3.34. The molecule has 2 amide bonds. The minimum Gasteiger partial charge on any atom is -0.497 e. The van der Waals surface area contributed by atoms with Crippen molar-refractivity contribution in [3.8, 4) is 5.75 Å². The smallest absolute Gasteiger partial charge is 0.243 e. The van der Waals surface area contributed by atoms with E-state index in [0.717, 1.165) is 16.2 Å². The molecule has 0 radical (unpaired) electrons. The minimum absolute atomic E-state index is 0.133. The quantitative estimate of drug-likeness (QED) is 0.699. The molecule has 0 aliphatic carbocycles. The summed E-state index contributed by atoms with van der Waals surface area (Å²) in [5.41, 5.74) is 1.02. The van der Waals surface area contributed by atoms with E-state index in [2.05, 4.69) is 10.6 Å². The lowest BCUT2D eigenvalue weighted by Gasteiger charge is -2.21. The zero-order chi connectivity index (χ0) is 18.9. The highest BCUT2D eigenvalue weighted by Crippen LogP contribution is 2.22. The highest BCUT2D eigenvalue weighted by Gasteiger charge is 2.21. The maximum Gasteiger partial charge on any atom is 0.243 e. The molecule has 138 valence electrons. The first-order valence-electron chi connectivity index (χ1n) is 8.39. The van der Waals surface area contributed by atoms with Gasteiger partial charge in [-0.25, -0.2) is 0 Å². The van der Waals surface area contributed by atoms with Crippen LogP contribution in [0.3, 0.4) is 0 Å². The van der Waals surface area contributed by atoms with E-state index < -0.39 is 6.04 Å². The van der Waals surface area contributed by atoms with E-state index in [1.165, 1.54) is 18.7 Å². The highest BCUT2D eigenvalue weighted by molar-refractivity contribution is 7.99. The van der Waals surface area contributed by atoms with Crippen molar-refractivity contribution in [3.05, 3.63) is 60.2 Å². The van der Waals surface area contributed by atoms with Crippen molar-refractivity contribution in [2.24, 2.45) is 0 Å². The average molecular weight is 372 g/mol. The lowest BCUT2D eigenvalue weighted by atomic mass is 10.1. The molecule has 0 saturated heterocycles. The first kappa shape index (κ1) is 19.8. The SMILES string of the molecule is COc1ccc(SCC(NC(C)=O)C(=O)NC(C)c2ccccc2)cc1. The van der Waals surface area contributed by atoms with Gasteiger partial charge < -0.3 is 15.4 Å². The minimum atomic E-state index is -0.606. The Morgan fingerprint density at radius 3 is 2.27 bits per heavy atom. The van der Waals surface area contributed by atoms with Crippen molar-refractivity contribution in [2.75, 3.05) is 12.9 Å². The predicted molar refractivity (Wildman–Crippen MR) is 104 cm³/mol. The third-order valence-corrected chi connectivity index (χ3v) is 4.93. The topological polar surface area (TPSA) is 67.4 Å². The predicted octanol–water partition coefficient (Wildman–Crippen LogP) is 3.17. The summed E-state index contributed by atoms with van der Waals surface area (Å²) in [6, 6.07) is 16.6. The molecule has 26 heavy (non-hydrogen) atoms. The van der Waals surface area contributed by atoms with Gasteiger partial charge in [-0.05, 0) is 36.8 Å². The third kappa shape index (κ3) is 6.11. The molecule has 0 saturated carbocycles. The van der Waals surface area contributed by atoms with Crippen LogP contribution in [0, 0.1) is 0 Å². The maximum absolute atomic E-state index is 12.6. The summed E-state index contributed by atoms with van der Waals surface area (Å²) in [6.45, 7) is 3.34. The molecular formula is C20H24N2O3S. The monoisotopic (exact) mass is 372 g/mol. The van der Waals surface area contributed by atoms with Crippen LogP contribution in [-0.4, -0.2) is 30.7 Å². The number of thioether (sulfide) groups is 1. The number of carbonyl (C=O) groups excluding carboxylic acids is 2. The Labute approximate surface area is 158 Å².